The predicted molar refractivity (Wildman–Crippen MR) is 91.3 cm³/mol. The molecule has 2 aromatic rings. The van der Waals surface area contributed by atoms with Gasteiger partial charge in [-0.25, -0.2) is 4.79 Å². The Morgan fingerprint density at radius 3 is 2.48 bits per heavy atom. The zero-order chi connectivity index (χ0) is 20.0. The van der Waals surface area contributed by atoms with Crippen molar-refractivity contribution in [2.24, 2.45) is 0 Å². The van der Waals surface area contributed by atoms with Crippen molar-refractivity contribution >= 4 is 11.9 Å². The third-order valence-corrected chi connectivity index (χ3v) is 3.83. The SMILES string of the molecule is CN(Cc1cccc(OC(F)(F)F)c1)C(=O)CCc1ccccc1C(=O)O. The van der Waals surface area contributed by atoms with Crippen LogP contribution in [0.1, 0.15) is 27.9 Å². The van der Waals surface area contributed by atoms with E-state index in [2.05, 4.69) is 4.74 Å². The normalized spacial score (nSPS) is 11.1. The minimum atomic E-state index is -4.78. The van der Waals surface area contributed by atoms with Crippen molar-refractivity contribution in [1.82, 2.24) is 4.90 Å². The fraction of sp³-hybridized carbons (Fsp3) is 0.263. The van der Waals surface area contributed by atoms with E-state index in [0.29, 0.717) is 11.1 Å². The molecule has 1 amide bonds. The number of amides is 1. The Morgan fingerprint density at radius 2 is 1.81 bits per heavy atom. The van der Waals surface area contributed by atoms with E-state index in [-0.39, 0.29) is 36.6 Å². The van der Waals surface area contributed by atoms with Gasteiger partial charge in [-0.1, -0.05) is 30.3 Å². The zero-order valence-corrected chi connectivity index (χ0v) is 14.5. The highest BCUT2D eigenvalue weighted by atomic mass is 19.4. The van der Waals surface area contributed by atoms with Gasteiger partial charge in [-0.05, 0) is 35.7 Å². The first-order valence-electron chi connectivity index (χ1n) is 8.05. The number of nitrogens with zero attached hydrogens (tertiary/aromatic N) is 1. The number of carboxylic acid groups (broad SMARTS) is 1. The molecule has 2 aromatic carbocycles. The molecule has 1 N–H and O–H groups in total. The van der Waals surface area contributed by atoms with E-state index in [1.54, 1.807) is 24.3 Å². The zero-order valence-electron chi connectivity index (χ0n) is 14.5. The molecular weight excluding hydrogens is 363 g/mol. The molecule has 5 nitrogen and oxygen atoms in total. The summed E-state index contributed by atoms with van der Waals surface area (Å²) in [6.45, 7) is 0.106. The Labute approximate surface area is 154 Å². The summed E-state index contributed by atoms with van der Waals surface area (Å²) < 4.78 is 40.7. The lowest BCUT2D eigenvalue weighted by molar-refractivity contribution is -0.274. The van der Waals surface area contributed by atoms with Gasteiger partial charge in [0.1, 0.15) is 5.75 Å². The molecule has 0 radical (unpaired) electrons. The van der Waals surface area contributed by atoms with Crippen LogP contribution in [0.3, 0.4) is 0 Å². The number of hydrogen-bond acceptors (Lipinski definition) is 3. The van der Waals surface area contributed by atoms with Gasteiger partial charge in [0.15, 0.2) is 0 Å². The number of alkyl halides is 3. The number of hydrogen-bond donors (Lipinski definition) is 1. The van der Waals surface area contributed by atoms with Gasteiger partial charge in [0, 0.05) is 20.0 Å². The van der Waals surface area contributed by atoms with Crippen molar-refractivity contribution in [3.8, 4) is 5.75 Å². The molecule has 0 aliphatic carbocycles. The number of benzene rings is 2. The summed E-state index contributed by atoms with van der Waals surface area (Å²) in [5, 5.41) is 9.15. The van der Waals surface area contributed by atoms with Crippen molar-refractivity contribution in [2.45, 2.75) is 25.7 Å². The van der Waals surface area contributed by atoms with Crippen LogP contribution in [0.25, 0.3) is 0 Å². The molecule has 8 heteroatoms. The van der Waals surface area contributed by atoms with Gasteiger partial charge in [-0.3, -0.25) is 4.79 Å². The summed E-state index contributed by atoms with van der Waals surface area (Å²) >= 11 is 0. The number of aryl methyl sites for hydroxylation is 1. The van der Waals surface area contributed by atoms with Crippen LogP contribution in [0, 0.1) is 0 Å². The lowest BCUT2D eigenvalue weighted by Crippen LogP contribution is -2.26. The largest absolute Gasteiger partial charge is 0.573 e. The average molecular weight is 381 g/mol. The van der Waals surface area contributed by atoms with Crippen molar-refractivity contribution < 1.29 is 32.6 Å². The van der Waals surface area contributed by atoms with Gasteiger partial charge in [0.2, 0.25) is 5.91 Å². The smallest absolute Gasteiger partial charge is 0.478 e. The summed E-state index contributed by atoms with van der Waals surface area (Å²) in [6, 6.07) is 11.8. The third-order valence-electron chi connectivity index (χ3n) is 3.83. The second kappa shape index (κ2) is 8.57. The van der Waals surface area contributed by atoms with Gasteiger partial charge in [0.25, 0.3) is 0 Å². The molecule has 0 saturated heterocycles. The van der Waals surface area contributed by atoms with Crippen molar-refractivity contribution in [1.29, 1.82) is 0 Å². The van der Waals surface area contributed by atoms with Crippen molar-refractivity contribution in [2.75, 3.05) is 7.05 Å². The maximum atomic E-state index is 12.3. The van der Waals surface area contributed by atoms with Gasteiger partial charge in [-0.2, -0.15) is 0 Å². The lowest BCUT2D eigenvalue weighted by atomic mass is 10.0. The van der Waals surface area contributed by atoms with E-state index in [1.165, 1.54) is 36.2 Å². The molecule has 2 rings (SSSR count). The Balaban J connectivity index is 1.96. The molecule has 27 heavy (non-hydrogen) atoms. The molecule has 0 spiro atoms. The highest BCUT2D eigenvalue weighted by Crippen LogP contribution is 2.23. The van der Waals surface area contributed by atoms with Crippen LogP contribution in [0.15, 0.2) is 48.5 Å². The van der Waals surface area contributed by atoms with E-state index in [0.717, 1.165) is 0 Å². The van der Waals surface area contributed by atoms with E-state index < -0.39 is 12.3 Å². The number of carbonyl (C=O) groups is 2. The second-order valence-electron chi connectivity index (χ2n) is 5.91. The van der Waals surface area contributed by atoms with Crippen molar-refractivity contribution in [3.05, 3.63) is 65.2 Å². The number of aromatic carboxylic acids is 1. The first-order chi connectivity index (χ1) is 12.7. The lowest BCUT2D eigenvalue weighted by Gasteiger charge is -2.18. The molecule has 0 aliphatic rings. The molecule has 0 saturated carbocycles. The van der Waals surface area contributed by atoms with Crippen LogP contribution in [-0.4, -0.2) is 35.3 Å². The fourth-order valence-corrected chi connectivity index (χ4v) is 2.58. The maximum Gasteiger partial charge on any atom is 0.573 e. The van der Waals surface area contributed by atoms with Crippen LogP contribution in [-0.2, 0) is 17.8 Å². The standard InChI is InChI=1S/C19H18F3NO4/c1-23(12-13-5-4-7-15(11-13)27-19(20,21)22)17(24)10-9-14-6-2-3-8-16(14)18(25)26/h2-8,11H,9-10,12H2,1H3,(H,25,26). The Hall–Kier alpha value is -3.03. The number of carboxylic acids is 1. The molecular formula is C19H18F3NO4. The number of carbonyl (C=O) groups excluding carboxylic acids is 1. The fourth-order valence-electron chi connectivity index (χ4n) is 2.58. The maximum absolute atomic E-state index is 12.3. The Morgan fingerprint density at radius 1 is 1.11 bits per heavy atom. The highest BCUT2D eigenvalue weighted by molar-refractivity contribution is 5.89. The number of rotatable bonds is 7. The first-order valence-corrected chi connectivity index (χ1v) is 8.05. The van der Waals surface area contributed by atoms with Crippen LogP contribution < -0.4 is 4.74 Å². The van der Waals surface area contributed by atoms with Gasteiger partial charge in [0.05, 0.1) is 5.56 Å². The van der Waals surface area contributed by atoms with E-state index in [1.807, 2.05) is 0 Å². The predicted octanol–water partition coefficient (Wildman–Crippen LogP) is 3.87. The number of ether oxygens (including phenoxy) is 1. The molecule has 0 bridgehead atoms. The molecule has 0 aromatic heterocycles. The van der Waals surface area contributed by atoms with Crippen LogP contribution >= 0.6 is 0 Å². The quantitative estimate of drug-likeness (QED) is 0.791. The Kier molecular flexibility index (Phi) is 6.44. The van der Waals surface area contributed by atoms with Gasteiger partial charge < -0.3 is 14.7 Å². The highest BCUT2D eigenvalue weighted by Gasteiger charge is 2.31. The van der Waals surface area contributed by atoms with E-state index in [4.69, 9.17) is 5.11 Å². The van der Waals surface area contributed by atoms with Crippen LogP contribution in [0.5, 0.6) is 5.75 Å². The molecule has 0 aliphatic heterocycles. The average Bonchev–Trinajstić information content (AvgIpc) is 2.58. The van der Waals surface area contributed by atoms with Crippen LogP contribution in [0.4, 0.5) is 13.2 Å². The monoisotopic (exact) mass is 381 g/mol. The van der Waals surface area contributed by atoms with Crippen LogP contribution in [0.2, 0.25) is 0 Å². The summed E-state index contributed by atoms with van der Waals surface area (Å²) in [7, 11) is 1.53. The summed E-state index contributed by atoms with van der Waals surface area (Å²) in [4.78, 5) is 24.8. The summed E-state index contributed by atoms with van der Waals surface area (Å²) in [6.07, 6.45) is -4.44. The van der Waals surface area contributed by atoms with E-state index in [9.17, 15) is 22.8 Å². The third kappa shape index (κ3) is 6.32. The molecule has 144 valence electrons. The minimum Gasteiger partial charge on any atom is -0.478 e. The number of halogens is 3. The second-order valence-corrected chi connectivity index (χ2v) is 5.91. The summed E-state index contributed by atoms with van der Waals surface area (Å²) in [5.74, 6) is -1.67. The first kappa shape index (κ1) is 20.3. The van der Waals surface area contributed by atoms with Gasteiger partial charge >= 0.3 is 12.3 Å². The molecule has 0 fully saturated rings. The molecule has 0 atom stereocenters. The molecule has 0 unspecified atom stereocenters. The minimum absolute atomic E-state index is 0.0829. The molecule has 0 heterocycles. The van der Waals surface area contributed by atoms with E-state index >= 15 is 0 Å². The topological polar surface area (TPSA) is 66.8 Å². The summed E-state index contributed by atoms with van der Waals surface area (Å²) in [5.41, 5.74) is 1.18. The Bertz CT molecular complexity index is 821. The van der Waals surface area contributed by atoms with Crippen molar-refractivity contribution in [3.63, 3.8) is 0 Å². The van der Waals surface area contributed by atoms with Gasteiger partial charge in [-0.15, -0.1) is 13.2 Å².